The Bertz CT molecular complexity index is 356. The number of benzene rings is 1. The highest BCUT2D eigenvalue weighted by Crippen LogP contribution is 2.13. The van der Waals surface area contributed by atoms with Gasteiger partial charge in [-0.25, -0.2) is 0 Å². The summed E-state index contributed by atoms with van der Waals surface area (Å²) in [6.07, 6.45) is 2.17. The summed E-state index contributed by atoms with van der Waals surface area (Å²) in [5, 5.41) is 0. The molecule has 17 heavy (non-hydrogen) atoms. The lowest BCUT2D eigenvalue weighted by atomic mass is 10.0. The molecule has 0 bridgehead atoms. The second-order valence-electron chi connectivity index (χ2n) is 4.89. The van der Waals surface area contributed by atoms with Gasteiger partial charge < -0.3 is 4.74 Å². The van der Waals surface area contributed by atoms with E-state index in [-0.39, 0.29) is 0 Å². The molecule has 0 N–H and O–H groups in total. The van der Waals surface area contributed by atoms with Crippen molar-refractivity contribution in [3.05, 3.63) is 29.8 Å². The Morgan fingerprint density at radius 2 is 2.06 bits per heavy atom. The lowest BCUT2D eigenvalue weighted by molar-refractivity contribution is -0.119. The first-order chi connectivity index (χ1) is 8.08. The van der Waals surface area contributed by atoms with E-state index in [1.165, 1.54) is 5.56 Å². The number of carbonyl (C=O) groups is 1. The average molecular weight is 234 g/mol. The fourth-order valence-corrected chi connectivity index (χ4v) is 1.56. The third-order valence-electron chi connectivity index (χ3n) is 2.64. The lowest BCUT2D eigenvalue weighted by Gasteiger charge is -2.07. The number of hydrogen-bond donors (Lipinski definition) is 0. The predicted molar refractivity (Wildman–Crippen MR) is 70.4 cm³/mol. The van der Waals surface area contributed by atoms with E-state index in [1.807, 2.05) is 31.2 Å². The predicted octanol–water partition coefficient (Wildman–Crippen LogP) is 3.77. The topological polar surface area (TPSA) is 26.3 Å². The smallest absolute Gasteiger partial charge is 0.136 e. The maximum atomic E-state index is 11.5. The number of ether oxygens (including phenoxy) is 1. The van der Waals surface area contributed by atoms with E-state index < -0.39 is 0 Å². The molecular formula is C15H22O2. The molecule has 0 radical (unpaired) electrons. The Morgan fingerprint density at radius 3 is 2.71 bits per heavy atom. The molecule has 0 fully saturated rings. The van der Waals surface area contributed by atoms with Gasteiger partial charge in [0.2, 0.25) is 0 Å². The fraction of sp³-hybridized carbons (Fsp3) is 0.533. The first kappa shape index (κ1) is 13.8. The molecule has 1 aromatic rings. The summed E-state index contributed by atoms with van der Waals surface area (Å²) in [6, 6.07) is 7.90. The first-order valence-corrected chi connectivity index (χ1v) is 6.29. The van der Waals surface area contributed by atoms with Crippen LogP contribution in [0.1, 0.15) is 38.7 Å². The second-order valence-corrected chi connectivity index (χ2v) is 4.89. The van der Waals surface area contributed by atoms with Gasteiger partial charge in [0.05, 0.1) is 6.61 Å². The van der Waals surface area contributed by atoms with Crippen LogP contribution in [0.15, 0.2) is 24.3 Å². The molecular weight excluding hydrogens is 212 g/mol. The van der Waals surface area contributed by atoms with Crippen molar-refractivity contribution in [1.82, 2.24) is 0 Å². The molecule has 0 unspecified atom stereocenters. The maximum Gasteiger partial charge on any atom is 0.136 e. The zero-order valence-electron chi connectivity index (χ0n) is 11.0. The van der Waals surface area contributed by atoms with E-state index in [2.05, 4.69) is 13.8 Å². The molecule has 2 nitrogen and oxygen atoms in total. The van der Waals surface area contributed by atoms with Gasteiger partial charge in [0.15, 0.2) is 0 Å². The molecule has 2 heteroatoms. The highest BCUT2D eigenvalue weighted by Gasteiger charge is 2.04. The van der Waals surface area contributed by atoms with Gasteiger partial charge in [-0.2, -0.15) is 0 Å². The van der Waals surface area contributed by atoms with Crippen LogP contribution in [0.25, 0.3) is 0 Å². The first-order valence-electron chi connectivity index (χ1n) is 6.29. The standard InChI is InChI=1S/C15H22O2/c1-12(2)7-8-14(16)9-10-17-15-6-4-5-13(3)11-15/h4-6,11-12H,7-10H2,1-3H3. The summed E-state index contributed by atoms with van der Waals surface area (Å²) in [5.41, 5.74) is 1.17. The van der Waals surface area contributed by atoms with Crippen molar-refractivity contribution < 1.29 is 9.53 Å². The van der Waals surface area contributed by atoms with Crippen molar-refractivity contribution in [3.63, 3.8) is 0 Å². The second kappa shape index (κ2) is 7.10. The molecule has 0 saturated carbocycles. The summed E-state index contributed by atoms with van der Waals surface area (Å²) in [6.45, 7) is 6.79. The zero-order chi connectivity index (χ0) is 12.7. The van der Waals surface area contributed by atoms with Crippen molar-refractivity contribution in [2.24, 2.45) is 5.92 Å². The van der Waals surface area contributed by atoms with E-state index in [0.29, 0.717) is 31.1 Å². The quantitative estimate of drug-likeness (QED) is 0.718. The third-order valence-corrected chi connectivity index (χ3v) is 2.64. The van der Waals surface area contributed by atoms with Gasteiger partial charge in [-0.05, 0) is 37.0 Å². The van der Waals surface area contributed by atoms with Crippen molar-refractivity contribution in [2.75, 3.05) is 6.61 Å². The molecule has 0 saturated heterocycles. The highest BCUT2D eigenvalue weighted by atomic mass is 16.5. The van der Waals surface area contributed by atoms with Gasteiger partial charge in [-0.15, -0.1) is 0 Å². The van der Waals surface area contributed by atoms with Crippen LogP contribution >= 0.6 is 0 Å². The van der Waals surface area contributed by atoms with Crippen LogP contribution in [0.2, 0.25) is 0 Å². The molecule has 94 valence electrons. The summed E-state index contributed by atoms with van der Waals surface area (Å²) in [7, 11) is 0. The molecule has 0 aromatic heterocycles. The molecule has 0 amide bonds. The van der Waals surface area contributed by atoms with E-state index in [1.54, 1.807) is 0 Å². The fourth-order valence-electron chi connectivity index (χ4n) is 1.56. The number of rotatable bonds is 7. The Kier molecular flexibility index (Phi) is 5.75. The summed E-state index contributed by atoms with van der Waals surface area (Å²) in [4.78, 5) is 11.5. The lowest BCUT2D eigenvalue weighted by Crippen LogP contribution is -2.07. The van der Waals surface area contributed by atoms with Crippen molar-refractivity contribution >= 4 is 5.78 Å². The van der Waals surface area contributed by atoms with Crippen molar-refractivity contribution in [2.45, 2.75) is 40.0 Å². The van der Waals surface area contributed by atoms with Gasteiger partial charge in [0, 0.05) is 12.8 Å². The minimum absolute atomic E-state index is 0.298. The van der Waals surface area contributed by atoms with E-state index in [4.69, 9.17) is 4.74 Å². The molecule has 1 rings (SSSR count). The molecule has 0 aliphatic heterocycles. The van der Waals surface area contributed by atoms with E-state index in [0.717, 1.165) is 12.2 Å². The Balaban J connectivity index is 2.21. The van der Waals surface area contributed by atoms with Crippen LogP contribution in [0.5, 0.6) is 5.75 Å². The molecule has 0 aliphatic carbocycles. The normalized spacial score (nSPS) is 10.6. The summed E-state index contributed by atoms with van der Waals surface area (Å²) >= 11 is 0. The van der Waals surface area contributed by atoms with Crippen LogP contribution in [0.3, 0.4) is 0 Å². The minimum Gasteiger partial charge on any atom is -0.493 e. The van der Waals surface area contributed by atoms with Gasteiger partial charge in [0.25, 0.3) is 0 Å². The van der Waals surface area contributed by atoms with Gasteiger partial charge in [-0.3, -0.25) is 4.79 Å². The van der Waals surface area contributed by atoms with Crippen LogP contribution < -0.4 is 4.74 Å². The Hall–Kier alpha value is -1.31. The van der Waals surface area contributed by atoms with Gasteiger partial charge >= 0.3 is 0 Å². The number of carbonyl (C=O) groups excluding carboxylic acids is 1. The average Bonchev–Trinajstić information content (AvgIpc) is 2.26. The van der Waals surface area contributed by atoms with Crippen LogP contribution in [-0.4, -0.2) is 12.4 Å². The van der Waals surface area contributed by atoms with Crippen molar-refractivity contribution in [3.8, 4) is 5.75 Å². The molecule has 0 heterocycles. The Labute approximate surface area is 104 Å². The zero-order valence-corrected chi connectivity index (χ0v) is 11.0. The number of aryl methyl sites for hydroxylation is 1. The monoisotopic (exact) mass is 234 g/mol. The molecule has 0 aliphatic rings. The molecule has 1 aromatic carbocycles. The van der Waals surface area contributed by atoms with Crippen molar-refractivity contribution in [1.29, 1.82) is 0 Å². The minimum atomic E-state index is 0.298. The third kappa shape index (κ3) is 6.10. The van der Waals surface area contributed by atoms with E-state index in [9.17, 15) is 4.79 Å². The van der Waals surface area contributed by atoms with Crippen LogP contribution in [-0.2, 0) is 4.79 Å². The summed E-state index contributed by atoms with van der Waals surface area (Å²) in [5.74, 6) is 1.74. The largest absolute Gasteiger partial charge is 0.493 e. The van der Waals surface area contributed by atoms with Crippen LogP contribution in [0.4, 0.5) is 0 Å². The van der Waals surface area contributed by atoms with Gasteiger partial charge in [0.1, 0.15) is 11.5 Å². The van der Waals surface area contributed by atoms with Gasteiger partial charge in [-0.1, -0.05) is 26.0 Å². The Morgan fingerprint density at radius 1 is 1.29 bits per heavy atom. The number of ketones is 1. The maximum absolute atomic E-state index is 11.5. The number of hydrogen-bond acceptors (Lipinski definition) is 2. The molecule has 0 atom stereocenters. The van der Waals surface area contributed by atoms with Crippen LogP contribution in [0, 0.1) is 12.8 Å². The number of Topliss-reactive ketones (excluding diaryl/α,β-unsaturated/α-hetero) is 1. The van der Waals surface area contributed by atoms with E-state index >= 15 is 0 Å². The molecule has 0 spiro atoms. The SMILES string of the molecule is Cc1cccc(OCCC(=O)CCC(C)C)c1. The summed E-state index contributed by atoms with van der Waals surface area (Å²) < 4.78 is 5.54. The highest BCUT2D eigenvalue weighted by molar-refractivity contribution is 5.78.